The van der Waals surface area contributed by atoms with Crippen molar-refractivity contribution in [3.63, 3.8) is 0 Å². The molecule has 2 atom stereocenters. The maximum atomic E-state index is 12.7. The molecular formula is C16H18N2O5S2. The molecule has 1 aliphatic rings. The third-order valence-corrected chi connectivity index (χ3v) is 4.17. The van der Waals surface area contributed by atoms with E-state index >= 15 is 0 Å². The van der Waals surface area contributed by atoms with Gasteiger partial charge in [0, 0.05) is 19.4 Å². The van der Waals surface area contributed by atoms with E-state index in [1.54, 1.807) is 31.4 Å². The molecule has 9 heteroatoms. The van der Waals surface area contributed by atoms with Gasteiger partial charge in [0.05, 0.1) is 7.11 Å². The Morgan fingerprint density at radius 2 is 1.76 bits per heavy atom. The number of hydrogen-bond acceptors (Lipinski definition) is 5. The number of nitrogens with zero attached hydrogens (tertiary/aromatic N) is 1. The van der Waals surface area contributed by atoms with E-state index in [4.69, 9.17) is 4.74 Å². The number of ether oxygens (including phenoxy) is 1. The van der Waals surface area contributed by atoms with Gasteiger partial charge in [0.2, 0.25) is 11.8 Å². The number of methoxy groups -OCH3 is 1. The summed E-state index contributed by atoms with van der Waals surface area (Å²) in [6.45, 7) is 0.151. The fourth-order valence-electron chi connectivity index (χ4n) is 2.62. The van der Waals surface area contributed by atoms with Gasteiger partial charge in [-0.15, -0.1) is 0 Å². The van der Waals surface area contributed by atoms with Gasteiger partial charge < -0.3 is 25.2 Å². The molecule has 1 aromatic rings. The largest absolute Gasteiger partial charge is 0.502 e. The summed E-state index contributed by atoms with van der Waals surface area (Å²) in [6.07, 6.45) is -0.283. The lowest BCUT2D eigenvalue weighted by Gasteiger charge is -2.38. The van der Waals surface area contributed by atoms with E-state index in [-0.39, 0.29) is 29.5 Å². The van der Waals surface area contributed by atoms with Crippen molar-refractivity contribution in [1.82, 2.24) is 10.2 Å². The topological polar surface area (TPSA) is 99.1 Å². The van der Waals surface area contributed by atoms with Crippen molar-refractivity contribution in [3.05, 3.63) is 29.8 Å². The Morgan fingerprint density at radius 3 is 2.28 bits per heavy atom. The Morgan fingerprint density at radius 1 is 1.16 bits per heavy atom. The van der Waals surface area contributed by atoms with Crippen LogP contribution in [0.4, 0.5) is 0 Å². The standard InChI is InChI=1S/C16H18N2O5S2/c1-23-10-4-2-9(3-5-10)8-18-12(7-14(20)25)15(21)17-11(16(18)22)6-13(19)24/h2-5,11-12H,6-8H2,1H3,(H,17,21)(H,19,24)(H,20,25). The van der Waals surface area contributed by atoms with Crippen LogP contribution in [0.1, 0.15) is 18.4 Å². The number of carbonyl (C=O) groups excluding carboxylic acids is 2. The van der Waals surface area contributed by atoms with Crippen LogP contribution in [-0.4, -0.2) is 56.2 Å². The minimum absolute atomic E-state index is 0.140. The molecule has 3 N–H and O–H groups in total. The van der Waals surface area contributed by atoms with Crippen molar-refractivity contribution in [2.45, 2.75) is 31.5 Å². The Labute approximate surface area is 155 Å². The lowest BCUT2D eigenvalue weighted by atomic mass is 10.0. The van der Waals surface area contributed by atoms with Crippen molar-refractivity contribution in [1.29, 1.82) is 0 Å². The molecule has 134 valence electrons. The molecule has 0 spiro atoms. The highest BCUT2D eigenvalue weighted by atomic mass is 32.1. The first-order chi connectivity index (χ1) is 11.8. The monoisotopic (exact) mass is 382 g/mol. The molecule has 0 aromatic heterocycles. The number of piperazine rings is 1. The molecule has 2 unspecified atom stereocenters. The number of aliphatic hydroxyl groups excluding tert-OH is 2. The van der Waals surface area contributed by atoms with Crippen LogP contribution >= 0.6 is 24.4 Å². The Bertz CT molecular complexity index is 692. The highest BCUT2D eigenvalue weighted by Crippen LogP contribution is 2.20. The van der Waals surface area contributed by atoms with Crippen LogP contribution in [-0.2, 0) is 16.1 Å². The highest BCUT2D eigenvalue weighted by molar-refractivity contribution is 7.80. The molecule has 25 heavy (non-hydrogen) atoms. The quantitative estimate of drug-likeness (QED) is 0.614. The normalized spacial score (nSPS) is 20.1. The molecule has 0 radical (unpaired) electrons. The van der Waals surface area contributed by atoms with Gasteiger partial charge >= 0.3 is 0 Å². The summed E-state index contributed by atoms with van der Waals surface area (Å²) in [5, 5.41) is 20.5. The Kier molecular flexibility index (Phi) is 6.27. The molecule has 0 bridgehead atoms. The van der Waals surface area contributed by atoms with Crippen molar-refractivity contribution in [3.8, 4) is 5.75 Å². The zero-order chi connectivity index (χ0) is 18.6. The summed E-state index contributed by atoms with van der Waals surface area (Å²) in [5.41, 5.74) is 0.781. The van der Waals surface area contributed by atoms with Crippen molar-refractivity contribution in [2.24, 2.45) is 0 Å². The maximum Gasteiger partial charge on any atom is 0.246 e. The molecule has 1 saturated heterocycles. The molecule has 2 amide bonds. The van der Waals surface area contributed by atoms with Crippen molar-refractivity contribution in [2.75, 3.05) is 7.11 Å². The first-order valence-corrected chi connectivity index (χ1v) is 8.31. The third-order valence-electron chi connectivity index (χ3n) is 3.84. The van der Waals surface area contributed by atoms with Gasteiger partial charge in [-0.25, -0.2) is 0 Å². The minimum atomic E-state index is -0.938. The van der Waals surface area contributed by atoms with Gasteiger partial charge in [-0.1, -0.05) is 12.1 Å². The van der Waals surface area contributed by atoms with Gasteiger partial charge in [-0.2, -0.15) is 0 Å². The third kappa shape index (κ3) is 4.86. The van der Waals surface area contributed by atoms with Crippen LogP contribution in [0.15, 0.2) is 24.3 Å². The van der Waals surface area contributed by atoms with Gasteiger partial charge in [0.25, 0.3) is 0 Å². The van der Waals surface area contributed by atoms with Crippen molar-refractivity contribution >= 4 is 46.4 Å². The van der Waals surface area contributed by atoms with Gasteiger partial charge in [0.1, 0.15) is 17.8 Å². The van der Waals surface area contributed by atoms with Gasteiger partial charge in [0.15, 0.2) is 10.1 Å². The number of carbonyl (C=O) groups is 2. The number of nitrogens with one attached hydrogen (secondary N) is 1. The molecule has 0 aliphatic carbocycles. The zero-order valence-electron chi connectivity index (χ0n) is 13.5. The van der Waals surface area contributed by atoms with Crippen LogP contribution in [0.3, 0.4) is 0 Å². The second-order valence-electron chi connectivity index (χ2n) is 5.59. The molecule has 0 saturated carbocycles. The maximum absolute atomic E-state index is 12.7. The lowest BCUT2D eigenvalue weighted by molar-refractivity contribution is -0.149. The first-order valence-electron chi connectivity index (χ1n) is 7.49. The highest BCUT2D eigenvalue weighted by Gasteiger charge is 2.41. The molecule has 1 aromatic carbocycles. The number of aliphatic hydroxyl groups is 2. The Balaban J connectivity index is 2.27. The van der Waals surface area contributed by atoms with E-state index in [2.05, 4.69) is 29.8 Å². The SMILES string of the molecule is COc1ccc(CN2C(=O)C(CC(O)=S)NC(=O)C2CC(O)=S)cc1. The molecule has 2 rings (SSSR count). The van der Waals surface area contributed by atoms with E-state index in [0.717, 1.165) is 5.56 Å². The molecule has 1 heterocycles. The van der Waals surface area contributed by atoms with Crippen molar-refractivity contribution < 1.29 is 24.5 Å². The van der Waals surface area contributed by atoms with Gasteiger partial charge in [-0.05, 0) is 42.1 Å². The predicted molar refractivity (Wildman–Crippen MR) is 99.0 cm³/mol. The van der Waals surface area contributed by atoms with E-state index in [0.29, 0.717) is 5.75 Å². The van der Waals surface area contributed by atoms with Crippen LogP contribution in [0.25, 0.3) is 0 Å². The van der Waals surface area contributed by atoms with Crippen LogP contribution in [0.5, 0.6) is 5.75 Å². The van der Waals surface area contributed by atoms with E-state index in [1.165, 1.54) is 4.90 Å². The number of amides is 2. The summed E-state index contributed by atoms with van der Waals surface area (Å²) in [6, 6.07) is 5.19. The van der Waals surface area contributed by atoms with Gasteiger partial charge in [-0.3, -0.25) is 9.59 Å². The van der Waals surface area contributed by atoms with E-state index in [9.17, 15) is 19.8 Å². The van der Waals surface area contributed by atoms with E-state index in [1.807, 2.05) is 0 Å². The molecule has 7 nitrogen and oxygen atoms in total. The minimum Gasteiger partial charge on any atom is -0.502 e. The predicted octanol–water partition coefficient (Wildman–Crippen LogP) is 1.44. The number of rotatable bonds is 7. The average molecular weight is 382 g/mol. The summed E-state index contributed by atoms with van der Waals surface area (Å²) in [5.74, 6) is -0.179. The first kappa shape index (κ1) is 19.1. The molecule has 1 aliphatic heterocycles. The second-order valence-corrected chi connectivity index (χ2v) is 6.53. The van der Waals surface area contributed by atoms with Crippen LogP contribution in [0.2, 0.25) is 0 Å². The summed E-state index contributed by atoms with van der Waals surface area (Å²) in [7, 11) is 1.55. The van der Waals surface area contributed by atoms with E-state index < -0.39 is 23.9 Å². The summed E-state index contributed by atoms with van der Waals surface area (Å²) < 4.78 is 5.09. The fourth-order valence-corrected chi connectivity index (χ4v) is 2.95. The smallest absolute Gasteiger partial charge is 0.246 e. The zero-order valence-corrected chi connectivity index (χ0v) is 15.1. The lowest BCUT2D eigenvalue weighted by Crippen LogP contribution is -2.63. The van der Waals surface area contributed by atoms with Crippen LogP contribution in [0, 0.1) is 0 Å². The summed E-state index contributed by atoms with van der Waals surface area (Å²) in [4.78, 5) is 26.4. The number of hydrogen-bond donors (Lipinski definition) is 3. The Hall–Kier alpha value is -2.26. The average Bonchev–Trinajstić information content (AvgIpc) is 2.55. The van der Waals surface area contributed by atoms with Crippen LogP contribution < -0.4 is 10.1 Å². The summed E-state index contributed by atoms with van der Waals surface area (Å²) >= 11 is 9.30. The fraction of sp³-hybridized carbons (Fsp3) is 0.375. The number of thiocarbonyl (C=S) groups is 2. The molecule has 1 fully saturated rings. The second kappa shape index (κ2) is 8.21. The molecular weight excluding hydrogens is 364 g/mol. The number of benzene rings is 1.